The molecule has 0 aromatic carbocycles. The van der Waals surface area contributed by atoms with Crippen molar-refractivity contribution >= 4 is 10.0 Å². The molecule has 0 amide bonds. The molecule has 0 spiro atoms. The summed E-state index contributed by atoms with van der Waals surface area (Å²) >= 11 is 0. The summed E-state index contributed by atoms with van der Waals surface area (Å²) in [4.78, 5) is 13.1. The topological polar surface area (TPSA) is 79.0 Å². The van der Waals surface area contributed by atoms with Gasteiger partial charge in [-0.15, -0.1) is 0 Å². The van der Waals surface area contributed by atoms with Gasteiger partial charge in [0.1, 0.15) is 0 Å². The minimum Gasteiger partial charge on any atom is -0.328 e. The summed E-state index contributed by atoms with van der Waals surface area (Å²) < 4.78 is 25.7. The van der Waals surface area contributed by atoms with Gasteiger partial charge in [0.2, 0.25) is 15.6 Å². The Hall–Kier alpha value is -1.14. The van der Waals surface area contributed by atoms with Crippen LogP contribution in [0.3, 0.4) is 0 Å². The Bertz CT molecular complexity index is 456. The van der Waals surface area contributed by atoms with E-state index in [9.17, 15) is 13.2 Å². The van der Waals surface area contributed by atoms with E-state index in [1.807, 2.05) is 13.8 Å². The number of hydrogen-bond acceptors (Lipinski definition) is 3. The number of rotatable bonds is 4. The molecule has 0 atom stereocenters. The van der Waals surface area contributed by atoms with E-state index < -0.39 is 10.0 Å². The van der Waals surface area contributed by atoms with Crippen molar-refractivity contribution in [3.8, 4) is 0 Å². The largest absolute Gasteiger partial charge is 0.328 e. The predicted octanol–water partition coefficient (Wildman–Crippen LogP) is 0.309. The smallest absolute Gasteiger partial charge is 0.247 e. The van der Waals surface area contributed by atoms with Crippen LogP contribution >= 0.6 is 0 Å². The van der Waals surface area contributed by atoms with E-state index in [0.29, 0.717) is 6.54 Å². The lowest BCUT2D eigenvalue weighted by Gasteiger charge is -2.07. The number of H-pyrrole nitrogens is 1. The molecule has 0 bridgehead atoms. The molecule has 1 rings (SSSR count). The van der Waals surface area contributed by atoms with Crippen molar-refractivity contribution in [3.63, 3.8) is 0 Å². The Morgan fingerprint density at radius 2 is 2.07 bits per heavy atom. The monoisotopic (exact) mass is 230 g/mol. The van der Waals surface area contributed by atoms with Gasteiger partial charge in [-0.1, -0.05) is 13.8 Å². The van der Waals surface area contributed by atoms with Gasteiger partial charge in [0.05, 0.1) is 4.90 Å². The molecule has 84 valence electrons. The molecule has 5 nitrogen and oxygen atoms in total. The highest BCUT2D eigenvalue weighted by Gasteiger charge is 2.13. The van der Waals surface area contributed by atoms with Crippen molar-refractivity contribution in [1.82, 2.24) is 9.71 Å². The van der Waals surface area contributed by atoms with Crippen molar-refractivity contribution in [1.29, 1.82) is 0 Å². The zero-order chi connectivity index (χ0) is 11.5. The van der Waals surface area contributed by atoms with Crippen molar-refractivity contribution in [2.24, 2.45) is 5.92 Å². The lowest BCUT2D eigenvalue weighted by molar-refractivity contribution is 0.560. The molecular formula is C9H14N2O3S. The normalized spacial score (nSPS) is 11.9. The molecule has 6 heteroatoms. The van der Waals surface area contributed by atoms with Crippen LogP contribution in [0.2, 0.25) is 0 Å². The molecule has 0 saturated heterocycles. The summed E-state index contributed by atoms with van der Waals surface area (Å²) in [6.07, 6.45) is 1.19. The maximum atomic E-state index is 11.6. The van der Waals surface area contributed by atoms with Gasteiger partial charge in [0.25, 0.3) is 0 Å². The van der Waals surface area contributed by atoms with Crippen LogP contribution in [-0.2, 0) is 10.0 Å². The van der Waals surface area contributed by atoms with Crippen LogP contribution in [0.15, 0.2) is 28.0 Å². The van der Waals surface area contributed by atoms with Crippen LogP contribution in [0.25, 0.3) is 0 Å². The number of aromatic amines is 1. The van der Waals surface area contributed by atoms with Crippen molar-refractivity contribution in [2.75, 3.05) is 6.54 Å². The van der Waals surface area contributed by atoms with Crippen molar-refractivity contribution in [2.45, 2.75) is 18.7 Å². The fraction of sp³-hybridized carbons (Fsp3) is 0.444. The molecule has 0 aliphatic heterocycles. The van der Waals surface area contributed by atoms with E-state index in [1.165, 1.54) is 18.3 Å². The van der Waals surface area contributed by atoms with Crippen molar-refractivity contribution < 1.29 is 8.42 Å². The van der Waals surface area contributed by atoms with Gasteiger partial charge >= 0.3 is 0 Å². The van der Waals surface area contributed by atoms with E-state index in [1.54, 1.807) is 0 Å². The second-order valence-electron chi connectivity index (χ2n) is 3.63. The SMILES string of the molecule is CC(C)CNS(=O)(=O)c1ccc(=O)[nH]c1. The third-order valence-electron chi connectivity index (χ3n) is 1.75. The third-order valence-corrected chi connectivity index (χ3v) is 3.17. The second-order valence-corrected chi connectivity index (χ2v) is 5.40. The van der Waals surface area contributed by atoms with Crippen LogP contribution in [0.1, 0.15) is 13.8 Å². The van der Waals surface area contributed by atoms with Crippen molar-refractivity contribution in [3.05, 3.63) is 28.7 Å². The summed E-state index contributed by atoms with van der Waals surface area (Å²) in [6, 6.07) is 2.46. The highest BCUT2D eigenvalue weighted by molar-refractivity contribution is 7.89. The Morgan fingerprint density at radius 1 is 1.40 bits per heavy atom. The quantitative estimate of drug-likeness (QED) is 0.781. The second kappa shape index (κ2) is 4.59. The molecule has 1 aromatic rings. The summed E-state index contributed by atoms with van der Waals surface area (Å²) in [7, 11) is -3.49. The van der Waals surface area contributed by atoms with Crippen LogP contribution in [0.5, 0.6) is 0 Å². The van der Waals surface area contributed by atoms with E-state index in [0.717, 1.165) is 0 Å². The molecule has 1 aromatic heterocycles. The number of aromatic nitrogens is 1. The molecule has 0 radical (unpaired) electrons. The first-order valence-corrected chi connectivity index (χ1v) is 6.08. The lowest BCUT2D eigenvalue weighted by Crippen LogP contribution is -2.28. The first kappa shape index (κ1) is 11.9. The number of pyridine rings is 1. The fourth-order valence-electron chi connectivity index (χ4n) is 0.923. The zero-order valence-electron chi connectivity index (χ0n) is 8.65. The fourth-order valence-corrected chi connectivity index (χ4v) is 2.10. The number of hydrogen-bond donors (Lipinski definition) is 2. The van der Waals surface area contributed by atoms with E-state index >= 15 is 0 Å². The molecule has 0 fully saturated rings. The maximum Gasteiger partial charge on any atom is 0.247 e. The van der Waals surface area contributed by atoms with Gasteiger partial charge < -0.3 is 4.98 Å². The first-order chi connectivity index (χ1) is 6.92. The summed E-state index contributed by atoms with van der Waals surface area (Å²) in [5.74, 6) is 0.238. The van der Waals surface area contributed by atoms with E-state index in [-0.39, 0.29) is 16.4 Å². The molecule has 0 aliphatic rings. The summed E-state index contributed by atoms with van der Waals surface area (Å²) in [6.45, 7) is 4.20. The lowest BCUT2D eigenvalue weighted by atomic mass is 10.2. The molecule has 0 unspecified atom stereocenters. The molecule has 0 saturated carbocycles. The molecule has 1 heterocycles. The van der Waals surface area contributed by atoms with Gasteiger partial charge in [-0.2, -0.15) is 0 Å². The highest BCUT2D eigenvalue weighted by Crippen LogP contribution is 2.04. The number of sulfonamides is 1. The Labute approximate surface area is 88.6 Å². The average molecular weight is 230 g/mol. The van der Waals surface area contributed by atoms with Gasteiger partial charge in [0.15, 0.2) is 0 Å². The van der Waals surface area contributed by atoms with E-state index in [4.69, 9.17) is 0 Å². The Kier molecular flexibility index (Phi) is 3.65. The van der Waals surface area contributed by atoms with Crippen LogP contribution < -0.4 is 10.3 Å². The van der Waals surface area contributed by atoms with Gasteiger partial charge in [-0.05, 0) is 12.0 Å². The van der Waals surface area contributed by atoms with Crippen LogP contribution in [0.4, 0.5) is 0 Å². The van der Waals surface area contributed by atoms with Gasteiger partial charge in [0, 0.05) is 18.8 Å². The molecular weight excluding hydrogens is 216 g/mol. The minimum atomic E-state index is -3.49. The predicted molar refractivity (Wildman–Crippen MR) is 57.1 cm³/mol. The number of nitrogens with one attached hydrogen (secondary N) is 2. The molecule has 15 heavy (non-hydrogen) atoms. The van der Waals surface area contributed by atoms with Gasteiger partial charge in [-0.3, -0.25) is 4.79 Å². The summed E-state index contributed by atoms with van der Waals surface area (Å²) in [5.41, 5.74) is -0.321. The average Bonchev–Trinajstić information content (AvgIpc) is 2.16. The third kappa shape index (κ3) is 3.49. The standard InChI is InChI=1S/C9H14N2O3S/c1-7(2)5-11-15(13,14)8-3-4-9(12)10-6-8/h3-4,6-7,11H,5H2,1-2H3,(H,10,12). The first-order valence-electron chi connectivity index (χ1n) is 4.60. The van der Waals surface area contributed by atoms with E-state index in [2.05, 4.69) is 9.71 Å². The highest BCUT2D eigenvalue weighted by atomic mass is 32.2. The van der Waals surface area contributed by atoms with Gasteiger partial charge in [-0.25, -0.2) is 13.1 Å². The maximum absolute atomic E-state index is 11.6. The minimum absolute atomic E-state index is 0.0720. The zero-order valence-corrected chi connectivity index (χ0v) is 9.47. The van der Waals surface area contributed by atoms with Crippen LogP contribution in [-0.4, -0.2) is 19.9 Å². The van der Waals surface area contributed by atoms with Crippen LogP contribution in [0, 0.1) is 5.92 Å². The Morgan fingerprint density at radius 3 is 2.53 bits per heavy atom. The molecule has 2 N–H and O–H groups in total. The molecule has 0 aliphatic carbocycles. The Balaban J connectivity index is 2.87. The summed E-state index contributed by atoms with van der Waals surface area (Å²) in [5, 5.41) is 0.